The lowest BCUT2D eigenvalue weighted by Crippen LogP contribution is -2.82. The second-order valence-electron chi connectivity index (χ2n) is 8.74. The van der Waals surface area contributed by atoms with Crippen LogP contribution in [0.1, 0.15) is 62.3 Å². The number of aliphatic hydroxyl groups excluding tert-OH is 1. The Morgan fingerprint density at radius 1 is 0.565 bits per heavy atom. The predicted molar refractivity (Wildman–Crippen MR) is 82.7 cm³/mol. The zero-order chi connectivity index (χ0) is 17.7. The molecule has 6 heteroatoms. The van der Waals surface area contributed by atoms with E-state index in [2.05, 4.69) is 0 Å². The van der Waals surface area contributed by atoms with Gasteiger partial charge >= 0.3 is 0 Å². The van der Waals surface area contributed by atoms with Crippen molar-refractivity contribution in [3.63, 3.8) is 0 Å². The van der Waals surface area contributed by atoms with Crippen LogP contribution < -0.4 is 0 Å². The molecule has 134 valence electrons. The third-order valence-corrected chi connectivity index (χ3v) is 6.21. The Morgan fingerprint density at radius 2 is 1.00 bits per heavy atom. The van der Waals surface area contributed by atoms with E-state index >= 15 is 0 Å². The maximum absolute atomic E-state index is 10.1. The number of rotatable bonds is 1. The van der Waals surface area contributed by atoms with Gasteiger partial charge in [-0.3, -0.25) is 0 Å². The Hall–Kier alpha value is -0.240. The molecule has 0 aromatic rings. The van der Waals surface area contributed by atoms with Crippen LogP contribution in [0, 0.1) is 0 Å². The molecule has 0 aliphatic carbocycles. The lowest BCUT2D eigenvalue weighted by atomic mass is 9.61. The Kier molecular flexibility index (Phi) is 3.14. The first-order valence-corrected chi connectivity index (χ1v) is 8.21. The van der Waals surface area contributed by atoms with Crippen LogP contribution >= 0.6 is 0 Å². The topological polar surface area (TPSA) is 66.4 Å². The summed E-state index contributed by atoms with van der Waals surface area (Å²) in [6, 6.07) is 0. The summed E-state index contributed by atoms with van der Waals surface area (Å²) in [7, 11) is 0. The molecule has 0 bridgehead atoms. The summed E-state index contributed by atoms with van der Waals surface area (Å²) in [5, 5.41) is 10.1. The molecule has 0 amide bonds. The van der Waals surface area contributed by atoms with Gasteiger partial charge in [0.05, 0.1) is 6.61 Å². The molecule has 3 aliphatic heterocycles. The Morgan fingerprint density at radius 3 is 1.52 bits per heavy atom. The predicted octanol–water partition coefficient (Wildman–Crippen LogP) is 2.33. The van der Waals surface area contributed by atoms with E-state index in [1.165, 1.54) is 0 Å². The van der Waals surface area contributed by atoms with Gasteiger partial charge in [-0.25, -0.2) is 0 Å². The average Bonchev–Trinajstić information content (AvgIpc) is 2.65. The highest BCUT2D eigenvalue weighted by Crippen LogP contribution is 2.66. The molecule has 0 spiro atoms. The molecule has 3 rings (SSSR count). The Bertz CT molecular complexity index is 547. The fourth-order valence-corrected chi connectivity index (χ4v) is 4.89. The summed E-state index contributed by atoms with van der Waals surface area (Å²) in [6.07, 6.45) is 0. The van der Waals surface area contributed by atoms with Gasteiger partial charge in [-0.1, -0.05) is 0 Å². The fourth-order valence-electron chi connectivity index (χ4n) is 4.89. The van der Waals surface area contributed by atoms with Crippen LogP contribution in [-0.4, -0.2) is 51.5 Å². The molecular weight excluding hydrogens is 300 g/mol. The highest BCUT2D eigenvalue weighted by molar-refractivity contribution is 5.28. The van der Waals surface area contributed by atoms with E-state index in [0.29, 0.717) is 0 Å². The molecule has 3 saturated heterocycles. The maximum atomic E-state index is 10.1. The normalized spacial score (nSPS) is 57.1. The number of hydrogen-bond acceptors (Lipinski definition) is 6. The van der Waals surface area contributed by atoms with Crippen molar-refractivity contribution in [1.82, 2.24) is 0 Å². The van der Waals surface area contributed by atoms with Crippen molar-refractivity contribution >= 4 is 0 Å². The second-order valence-corrected chi connectivity index (χ2v) is 8.74. The lowest BCUT2D eigenvalue weighted by molar-refractivity contribution is -0.395. The van der Waals surface area contributed by atoms with Gasteiger partial charge in [-0.05, 0) is 62.3 Å². The van der Waals surface area contributed by atoms with Crippen molar-refractivity contribution in [2.45, 2.75) is 102 Å². The second kappa shape index (κ2) is 4.11. The van der Waals surface area contributed by atoms with Crippen molar-refractivity contribution in [2.24, 2.45) is 0 Å². The first-order valence-electron chi connectivity index (χ1n) is 8.21. The summed E-state index contributed by atoms with van der Waals surface area (Å²) in [6.45, 7) is 16.7. The molecular formula is C17H30O6. The zero-order valence-corrected chi connectivity index (χ0v) is 15.7. The monoisotopic (exact) mass is 330 g/mol. The summed E-state index contributed by atoms with van der Waals surface area (Å²) in [4.78, 5) is 0. The van der Waals surface area contributed by atoms with Crippen LogP contribution in [0.15, 0.2) is 0 Å². The molecule has 3 aliphatic rings. The zero-order valence-electron chi connectivity index (χ0n) is 15.7. The fraction of sp³-hybridized carbons (Fsp3) is 1.00. The van der Waals surface area contributed by atoms with Crippen molar-refractivity contribution in [3.8, 4) is 0 Å². The van der Waals surface area contributed by atoms with E-state index in [1.54, 1.807) is 0 Å². The number of ether oxygens (including phenoxy) is 5. The molecule has 0 aromatic carbocycles. The van der Waals surface area contributed by atoms with Crippen LogP contribution in [0.5, 0.6) is 0 Å². The molecule has 3 unspecified atom stereocenters. The smallest absolute Gasteiger partial charge is 0.201 e. The molecule has 6 nitrogen and oxygen atoms in total. The first kappa shape index (κ1) is 17.6. The summed E-state index contributed by atoms with van der Waals surface area (Å²) < 4.78 is 31.5. The highest BCUT2D eigenvalue weighted by Gasteiger charge is 2.84. The molecule has 3 heterocycles. The van der Waals surface area contributed by atoms with Gasteiger partial charge in [0.15, 0.2) is 17.2 Å². The summed E-state index contributed by atoms with van der Waals surface area (Å²) in [5.74, 6) is -2.77. The molecule has 1 N–H and O–H groups in total. The van der Waals surface area contributed by atoms with Gasteiger partial charge in [0.2, 0.25) is 5.79 Å². The average molecular weight is 330 g/mol. The van der Waals surface area contributed by atoms with Gasteiger partial charge in [0.1, 0.15) is 16.8 Å². The molecule has 0 aromatic heterocycles. The number of fused-ring (bicyclic) bond motifs is 3. The molecule has 5 atom stereocenters. The van der Waals surface area contributed by atoms with E-state index < -0.39 is 39.8 Å². The maximum Gasteiger partial charge on any atom is 0.201 e. The molecule has 23 heavy (non-hydrogen) atoms. The minimum absolute atomic E-state index is 0.228. The highest BCUT2D eigenvalue weighted by atomic mass is 16.9. The van der Waals surface area contributed by atoms with Gasteiger partial charge < -0.3 is 28.8 Å². The van der Waals surface area contributed by atoms with Crippen molar-refractivity contribution in [2.75, 3.05) is 6.61 Å². The largest absolute Gasteiger partial charge is 0.393 e. The van der Waals surface area contributed by atoms with E-state index in [1.807, 2.05) is 62.3 Å². The van der Waals surface area contributed by atoms with Crippen LogP contribution in [-0.2, 0) is 23.7 Å². The van der Waals surface area contributed by atoms with E-state index in [-0.39, 0.29) is 6.61 Å². The molecule has 0 saturated carbocycles. The number of aliphatic hydroxyl groups is 1. The SMILES string of the molecule is CC1(C)OC2(C)C3(C)OC(C)(C)O[C@@]3(C)C(C)(CO)O[C@]2(C)O1. The minimum Gasteiger partial charge on any atom is -0.393 e. The van der Waals surface area contributed by atoms with Crippen molar-refractivity contribution in [3.05, 3.63) is 0 Å². The van der Waals surface area contributed by atoms with Gasteiger partial charge in [-0.15, -0.1) is 0 Å². The van der Waals surface area contributed by atoms with E-state index in [4.69, 9.17) is 23.7 Å². The van der Waals surface area contributed by atoms with Crippen molar-refractivity contribution in [1.29, 1.82) is 0 Å². The van der Waals surface area contributed by atoms with Gasteiger partial charge in [0.25, 0.3) is 0 Å². The third kappa shape index (κ3) is 1.80. The van der Waals surface area contributed by atoms with Crippen LogP contribution in [0.25, 0.3) is 0 Å². The van der Waals surface area contributed by atoms with Gasteiger partial charge in [-0.2, -0.15) is 0 Å². The molecule has 3 fully saturated rings. The van der Waals surface area contributed by atoms with Crippen LogP contribution in [0.3, 0.4) is 0 Å². The molecule has 0 radical (unpaired) electrons. The van der Waals surface area contributed by atoms with Crippen LogP contribution in [0.4, 0.5) is 0 Å². The summed E-state index contributed by atoms with van der Waals surface area (Å²) in [5.41, 5.74) is -3.79. The first-order chi connectivity index (χ1) is 10.1. The third-order valence-electron chi connectivity index (χ3n) is 6.21. The summed E-state index contributed by atoms with van der Waals surface area (Å²) >= 11 is 0. The lowest BCUT2D eigenvalue weighted by Gasteiger charge is -2.63. The van der Waals surface area contributed by atoms with Crippen LogP contribution in [0.2, 0.25) is 0 Å². The van der Waals surface area contributed by atoms with Crippen molar-refractivity contribution < 1.29 is 28.8 Å². The Balaban J connectivity index is 2.26. The standard InChI is InChI=1S/C17H30O6/c1-11(2)19-14(6)13(5,10-18)23-17(9)16(8,15(14,7)20-11)21-12(3,4)22-17/h18H,10H2,1-9H3/t13?,14-,15?,16?,17-/m0/s1. The number of hydrogen-bond donors (Lipinski definition) is 1. The minimum atomic E-state index is -1.09. The van der Waals surface area contributed by atoms with E-state index in [0.717, 1.165) is 0 Å². The van der Waals surface area contributed by atoms with E-state index in [9.17, 15) is 5.11 Å². The Labute approximate surface area is 138 Å². The quantitative estimate of drug-likeness (QED) is 0.796. The van der Waals surface area contributed by atoms with Gasteiger partial charge in [0, 0.05) is 0 Å².